The van der Waals surface area contributed by atoms with Crippen molar-refractivity contribution in [1.29, 1.82) is 0 Å². The maximum absolute atomic E-state index is 12.2. The minimum atomic E-state index is -0.337. The fourth-order valence-electron chi connectivity index (χ4n) is 6.04. The third kappa shape index (κ3) is 10.0. The van der Waals surface area contributed by atoms with Crippen LogP contribution in [0.25, 0.3) is 42.7 Å². The van der Waals surface area contributed by atoms with Gasteiger partial charge in [-0.3, -0.25) is 14.8 Å². The maximum atomic E-state index is 12.2. The first-order valence-corrected chi connectivity index (χ1v) is 19.2. The number of nitrogens with zero attached hydrogens (tertiary/aromatic N) is 2. The number of aromatic nitrogens is 2. The van der Waals surface area contributed by atoms with Gasteiger partial charge >= 0.3 is 0 Å². The minimum absolute atomic E-state index is 0. The molecule has 5 rings (SSSR count). The second-order valence-electron chi connectivity index (χ2n) is 15.6. The van der Waals surface area contributed by atoms with Crippen LogP contribution in [0.3, 0.4) is 0 Å². The number of carbonyl (C=O) groups excluding carboxylic acids is 1. The van der Waals surface area contributed by atoms with Gasteiger partial charge in [0.15, 0.2) is 5.78 Å². The van der Waals surface area contributed by atoms with E-state index in [1.165, 1.54) is 32.2 Å². The Kier molecular flexibility index (Phi) is 14.5. The molecular formula is C45H57IrN2O2S-. The van der Waals surface area contributed by atoms with E-state index in [1.807, 2.05) is 47.7 Å². The quantitative estimate of drug-likeness (QED) is 0.0815. The van der Waals surface area contributed by atoms with Crippen LogP contribution in [0, 0.1) is 22.8 Å². The molecule has 1 radical (unpaired) electrons. The molecule has 0 unspecified atom stereocenters. The Labute approximate surface area is 324 Å². The van der Waals surface area contributed by atoms with Gasteiger partial charge in [-0.25, -0.2) is 0 Å². The number of thiophene rings is 1. The summed E-state index contributed by atoms with van der Waals surface area (Å²) in [5.74, 6) is 0.890. The number of aliphatic hydroxyl groups excluding tert-OH is 1. The summed E-state index contributed by atoms with van der Waals surface area (Å²) in [5.41, 5.74) is 6.17. The summed E-state index contributed by atoms with van der Waals surface area (Å²) in [4.78, 5) is 23.0. The Morgan fingerprint density at radius 3 is 2.14 bits per heavy atom. The van der Waals surface area contributed by atoms with Crippen molar-refractivity contribution in [2.45, 2.75) is 114 Å². The van der Waals surface area contributed by atoms with E-state index in [4.69, 9.17) is 9.97 Å². The van der Waals surface area contributed by atoms with Gasteiger partial charge in [0, 0.05) is 59.5 Å². The predicted molar refractivity (Wildman–Crippen MR) is 215 cm³/mol. The van der Waals surface area contributed by atoms with E-state index in [0.29, 0.717) is 5.92 Å². The van der Waals surface area contributed by atoms with Crippen molar-refractivity contribution in [1.82, 2.24) is 9.97 Å². The second-order valence-corrected chi connectivity index (χ2v) is 16.7. The number of hydrogen-bond donors (Lipinski definition) is 1. The van der Waals surface area contributed by atoms with Crippen LogP contribution in [-0.2, 0) is 36.7 Å². The number of allylic oxidation sites excluding steroid dienone is 2. The third-order valence-corrected chi connectivity index (χ3v) is 11.7. The number of benzene rings is 2. The van der Waals surface area contributed by atoms with E-state index in [9.17, 15) is 9.90 Å². The van der Waals surface area contributed by atoms with Crippen LogP contribution in [-0.4, -0.2) is 20.9 Å². The minimum Gasteiger partial charge on any atom is -0.512 e. The summed E-state index contributed by atoms with van der Waals surface area (Å²) >= 11 is 1.79. The molecule has 0 spiro atoms. The Morgan fingerprint density at radius 2 is 1.53 bits per heavy atom. The molecule has 2 aromatic carbocycles. The zero-order valence-corrected chi connectivity index (χ0v) is 35.7. The van der Waals surface area contributed by atoms with Crippen molar-refractivity contribution < 1.29 is 30.0 Å². The van der Waals surface area contributed by atoms with Crippen LogP contribution in [0.15, 0.2) is 78.7 Å². The van der Waals surface area contributed by atoms with E-state index in [-0.39, 0.29) is 47.9 Å². The van der Waals surface area contributed by atoms with Gasteiger partial charge in [-0.15, -0.1) is 40.5 Å². The number of pyridine rings is 2. The number of hydrogen-bond acceptors (Lipinski definition) is 5. The van der Waals surface area contributed by atoms with Gasteiger partial charge in [-0.1, -0.05) is 111 Å². The van der Waals surface area contributed by atoms with E-state index >= 15 is 0 Å². The molecule has 0 saturated carbocycles. The third-order valence-electron chi connectivity index (χ3n) is 10.6. The Morgan fingerprint density at radius 1 is 0.882 bits per heavy atom. The van der Waals surface area contributed by atoms with Crippen molar-refractivity contribution in [2.75, 3.05) is 0 Å². The Bertz CT molecular complexity index is 1960. The van der Waals surface area contributed by atoms with Gasteiger partial charge in [-0.05, 0) is 73.3 Å². The largest absolute Gasteiger partial charge is 0.512 e. The molecule has 0 aliphatic carbocycles. The molecule has 0 aliphatic heterocycles. The molecule has 0 saturated heterocycles. The number of aliphatic hydroxyl groups is 1. The smallest absolute Gasteiger partial charge is 0.164 e. The zero-order valence-electron chi connectivity index (χ0n) is 32.5. The van der Waals surface area contributed by atoms with Gasteiger partial charge in [0.2, 0.25) is 0 Å². The first-order valence-electron chi connectivity index (χ1n) is 18.3. The molecule has 5 aromatic rings. The summed E-state index contributed by atoms with van der Waals surface area (Å²) in [5, 5.41) is 12.5. The molecule has 3 aromatic heterocycles. The van der Waals surface area contributed by atoms with Crippen LogP contribution in [0.2, 0.25) is 0 Å². The standard InChI is InChI=1S/C30H29N2S.C15H28O2.Ir/c1-19(2)14-23-10-11-28-27(32-23)18-29(33-28)21-12-13-31-26(17-21)22-15-20-8-6-7-9-24(20)25(16-22)30(3,4)5;1-7-14(5,8-2)12(16)11-13(17)15(6,9-3)10-4;/h6-13,16-19H,14H2,1-5H3;11,16H,7-10H2,1-6H3;/q-1;;/b;12-11-;. The maximum Gasteiger partial charge on any atom is 0.164 e. The number of ketones is 1. The summed E-state index contributed by atoms with van der Waals surface area (Å²) in [7, 11) is 0. The molecule has 275 valence electrons. The molecule has 4 nitrogen and oxygen atoms in total. The first kappa shape index (κ1) is 42.2. The second kappa shape index (κ2) is 17.6. The van der Waals surface area contributed by atoms with Crippen molar-refractivity contribution in [3.63, 3.8) is 0 Å². The zero-order chi connectivity index (χ0) is 36.9. The van der Waals surface area contributed by atoms with E-state index in [0.717, 1.165) is 60.0 Å². The van der Waals surface area contributed by atoms with Crippen molar-refractivity contribution in [3.05, 3.63) is 96.0 Å². The summed E-state index contributed by atoms with van der Waals surface area (Å²) in [6.45, 7) is 23.3. The van der Waals surface area contributed by atoms with E-state index in [2.05, 4.69) is 101 Å². The van der Waals surface area contributed by atoms with Crippen LogP contribution >= 0.6 is 11.3 Å². The fraction of sp³-hybridized carbons (Fsp3) is 0.444. The molecule has 6 heteroatoms. The average Bonchev–Trinajstić information content (AvgIpc) is 3.53. The Balaban J connectivity index is 0.000000335. The van der Waals surface area contributed by atoms with E-state index < -0.39 is 0 Å². The Hall–Kier alpha value is -3.18. The fourth-order valence-corrected chi connectivity index (χ4v) is 7.04. The number of rotatable bonds is 11. The summed E-state index contributed by atoms with van der Waals surface area (Å²) in [6.07, 6.45) is 7.67. The van der Waals surface area contributed by atoms with Gasteiger partial charge in [0.25, 0.3) is 0 Å². The van der Waals surface area contributed by atoms with Gasteiger partial charge < -0.3 is 5.11 Å². The first-order chi connectivity index (χ1) is 23.6. The normalized spacial score (nSPS) is 12.5. The predicted octanol–water partition coefficient (Wildman–Crippen LogP) is 13.1. The molecular weight excluding hydrogens is 825 g/mol. The molecule has 3 heterocycles. The molecule has 0 bridgehead atoms. The molecule has 0 amide bonds. The SMILES string of the molecule is CC(C)Cc1ccc2sc(-c3ccnc(-c4[c-]c5ccccc5c(C(C)(C)C)c4)c3)cc2n1.CCC(C)(CC)C(=O)/C=C(\O)C(C)(CC)CC.[Ir]. The van der Waals surface area contributed by atoms with Gasteiger partial charge in [0.05, 0.1) is 10.2 Å². The van der Waals surface area contributed by atoms with Crippen molar-refractivity contribution >= 4 is 38.1 Å². The van der Waals surface area contributed by atoms with Gasteiger partial charge in [0.1, 0.15) is 5.76 Å². The molecule has 0 fully saturated rings. The summed E-state index contributed by atoms with van der Waals surface area (Å²) in [6, 6.07) is 25.3. The van der Waals surface area contributed by atoms with Crippen LogP contribution in [0.5, 0.6) is 0 Å². The molecule has 0 atom stereocenters. The molecule has 1 N–H and O–H groups in total. The monoisotopic (exact) mass is 882 g/mol. The van der Waals surface area contributed by atoms with Crippen LogP contribution in [0.4, 0.5) is 0 Å². The van der Waals surface area contributed by atoms with Crippen molar-refractivity contribution in [3.8, 4) is 21.7 Å². The average molecular weight is 882 g/mol. The summed E-state index contributed by atoms with van der Waals surface area (Å²) < 4.78 is 1.23. The number of carbonyl (C=O) groups is 1. The van der Waals surface area contributed by atoms with E-state index in [1.54, 1.807) is 11.3 Å². The molecule has 0 aliphatic rings. The van der Waals surface area contributed by atoms with Crippen LogP contribution < -0.4 is 0 Å². The van der Waals surface area contributed by atoms with Crippen LogP contribution in [0.1, 0.15) is 113 Å². The van der Waals surface area contributed by atoms with Crippen molar-refractivity contribution in [2.24, 2.45) is 16.7 Å². The topological polar surface area (TPSA) is 63.1 Å². The number of fused-ring (bicyclic) bond motifs is 2. The van der Waals surface area contributed by atoms with Gasteiger partial charge in [-0.2, -0.15) is 0 Å². The molecule has 51 heavy (non-hydrogen) atoms.